The fourth-order valence-electron chi connectivity index (χ4n) is 1.91. The molecule has 0 radical (unpaired) electrons. The number of nitrogens with two attached hydrogens (primary N) is 1. The van der Waals surface area contributed by atoms with Gasteiger partial charge in [0.05, 0.1) is 6.04 Å². The normalized spacial score (nSPS) is 12.7. The molecule has 1 atom stereocenters. The number of hydrogen-bond donors (Lipinski definition) is 2. The second-order valence-electron chi connectivity index (χ2n) is 4.44. The minimum absolute atomic E-state index is 0.140. The molecule has 0 saturated heterocycles. The summed E-state index contributed by atoms with van der Waals surface area (Å²) < 4.78 is 0. The summed E-state index contributed by atoms with van der Waals surface area (Å²) in [7, 11) is 0. The van der Waals surface area contributed by atoms with Crippen LogP contribution in [0.15, 0.2) is 30.3 Å². The molecule has 0 aliphatic rings. The van der Waals surface area contributed by atoms with Gasteiger partial charge < -0.3 is 0 Å². The molecule has 4 heteroatoms. The maximum absolute atomic E-state index is 6.00. The van der Waals surface area contributed by atoms with Crippen molar-refractivity contribution in [1.29, 1.82) is 0 Å². The highest BCUT2D eigenvalue weighted by Crippen LogP contribution is 2.28. The van der Waals surface area contributed by atoms with E-state index in [1.54, 1.807) is 11.3 Å². The third-order valence-corrected chi connectivity index (χ3v) is 4.56. The Kier molecular flexibility index (Phi) is 4.40. The molecular weight excluding hydrogens is 264 g/mol. The van der Waals surface area contributed by atoms with Crippen molar-refractivity contribution in [3.05, 3.63) is 56.2 Å². The SMILES string of the molecule is Cc1cc(C(Cc2cccc(Cl)c2)NN)sc1C. The van der Waals surface area contributed by atoms with E-state index in [0.717, 1.165) is 11.4 Å². The summed E-state index contributed by atoms with van der Waals surface area (Å²) in [6, 6.07) is 10.3. The monoisotopic (exact) mass is 280 g/mol. The topological polar surface area (TPSA) is 38.0 Å². The number of thiophene rings is 1. The lowest BCUT2D eigenvalue weighted by atomic mass is 10.0. The van der Waals surface area contributed by atoms with E-state index in [-0.39, 0.29) is 6.04 Å². The first-order valence-electron chi connectivity index (χ1n) is 5.87. The molecule has 0 saturated carbocycles. The summed E-state index contributed by atoms with van der Waals surface area (Å²) in [4.78, 5) is 2.61. The van der Waals surface area contributed by atoms with Gasteiger partial charge in [-0.3, -0.25) is 11.3 Å². The standard InChI is InChI=1S/C14H17ClN2S/c1-9-6-14(18-10(9)2)13(17-16)8-11-4-3-5-12(15)7-11/h3-7,13,17H,8,16H2,1-2H3. The average molecular weight is 281 g/mol. The molecule has 1 aromatic carbocycles. The minimum Gasteiger partial charge on any atom is -0.271 e. The van der Waals surface area contributed by atoms with E-state index in [1.807, 2.05) is 18.2 Å². The van der Waals surface area contributed by atoms with E-state index in [9.17, 15) is 0 Å². The average Bonchev–Trinajstić information content (AvgIpc) is 2.66. The Morgan fingerprint density at radius 3 is 2.67 bits per heavy atom. The van der Waals surface area contributed by atoms with E-state index >= 15 is 0 Å². The molecule has 18 heavy (non-hydrogen) atoms. The highest BCUT2D eigenvalue weighted by atomic mass is 35.5. The summed E-state index contributed by atoms with van der Waals surface area (Å²) in [5, 5.41) is 0.766. The van der Waals surface area contributed by atoms with E-state index in [0.29, 0.717) is 0 Å². The molecule has 0 bridgehead atoms. The maximum atomic E-state index is 6.00. The minimum atomic E-state index is 0.140. The van der Waals surface area contributed by atoms with Crippen molar-refractivity contribution >= 4 is 22.9 Å². The number of hydrazine groups is 1. The Balaban J connectivity index is 2.19. The number of nitrogens with one attached hydrogen (secondary N) is 1. The molecule has 1 heterocycles. The molecule has 0 amide bonds. The molecule has 3 N–H and O–H groups in total. The first-order chi connectivity index (χ1) is 8.60. The van der Waals surface area contributed by atoms with Crippen LogP contribution >= 0.6 is 22.9 Å². The number of halogens is 1. The third kappa shape index (κ3) is 3.12. The van der Waals surface area contributed by atoms with Crippen molar-refractivity contribution in [2.45, 2.75) is 26.3 Å². The Morgan fingerprint density at radius 2 is 2.11 bits per heavy atom. The van der Waals surface area contributed by atoms with E-state index in [4.69, 9.17) is 17.4 Å². The molecule has 2 aromatic rings. The predicted octanol–water partition coefficient (Wildman–Crippen LogP) is 3.77. The molecule has 0 fully saturated rings. The lowest BCUT2D eigenvalue weighted by Crippen LogP contribution is -2.28. The van der Waals surface area contributed by atoms with Gasteiger partial charge in [0.15, 0.2) is 0 Å². The maximum Gasteiger partial charge on any atom is 0.0593 e. The van der Waals surface area contributed by atoms with Gasteiger partial charge in [-0.15, -0.1) is 11.3 Å². The van der Waals surface area contributed by atoms with Crippen LogP contribution in [0, 0.1) is 13.8 Å². The Bertz CT molecular complexity index is 517. The van der Waals surface area contributed by atoms with E-state index in [1.165, 1.54) is 20.9 Å². The van der Waals surface area contributed by atoms with Crippen LogP contribution in [0.2, 0.25) is 5.02 Å². The lowest BCUT2D eigenvalue weighted by molar-refractivity contribution is 0.560. The molecule has 1 aromatic heterocycles. The number of aryl methyl sites for hydroxylation is 2. The number of rotatable bonds is 4. The lowest BCUT2D eigenvalue weighted by Gasteiger charge is -2.14. The zero-order valence-corrected chi connectivity index (χ0v) is 12.1. The summed E-state index contributed by atoms with van der Waals surface area (Å²) >= 11 is 7.79. The summed E-state index contributed by atoms with van der Waals surface area (Å²) in [5.41, 5.74) is 5.40. The van der Waals surface area contributed by atoms with Gasteiger partial charge in [0, 0.05) is 14.8 Å². The smallest absolute Gasteiger partial charge is 0.0593 e. The molecule has 0 aliphatic carbocycles. The largest absolute Gasteiger partial charge is 0.271 e. The van der Waals surface area contributed by atoms with Crippen molar-refractivity contribution in [2.75, 3.05) is 0 Å². The number of hydrogen-bond acceptors (Lipinski definition) is 3. The van der Waals surface area contributed by atoms with Crippen molar-refractivity contribution in [1.82, 2.24) is 5.43 Å². The van der Waals surface area contributed by atoms with Crippen molar-refractivity contribution in [2.24, 2.45) is 5.84 Å². The Hall–Kier alpha value is -0.870. The van der Waals surface area contributed by atoms with Gasteiger partial charge >= 0.3 is 0 Å². The van der Waals surface area contributed by atoms with Gasteiger partial charge in [-0.05, 0) is 49.6 Å². The fraction of sp³-hybridized carbons (Fsp3) is 0.286. The highest BCUT2D eigenvalue weighted by molar-refractivity contribution is 7.12. The second kappa shape index (κ2) is 5.85. The van der Waals surface area contributed by atoms with Gasteiger partial charge in [0.1, 0.15) is 0 Å². The van der Waals surface area contributed by atoms with Crippen molar-refractivity contribution in [3.63, 3.8) is 0 Å². The summed E-state index contributed by atoms with van der Waals surface area (Å²) in [6.45, 7) is 4.26. The predicted molar refractivity (Wildman–Crippen MR) is 79.0 cm³/mol. The molecule has 96 valence electrons. The van der Waals surface area contributed by atoms with Gasteiger partial charge in [0.25, 0.3) is 0 Å². The van der Waals surface area contributed by atoms with Crippen molar-refractivity contribution in [3.8, 4) is 0 Å². The van der Waals surface area contributed by atoms with Crippen LogP contribution in [0.3, 0.4) is 0 Å². The second-order valence-corrected chi connectivity index (χ2v) is 6.17. The molecule has 0 aliphatic heterocycles. The van der Waals surface area contributed by atoms with Crippen LogP contribution in [-0.2, 0) is 6.42 Å². The van der Waals surface area contributed by atoms with Crippen LogP contribution in [-0.4, -0.2) is 0 Å². The van der Waals surface area contributed by atoms with Crippen LogP contribution in [0.25, 0.3) is 0 Å². The first-order valence-corrected chi connectivity index (χ1v) is 7.07. The van der Waals surface area contributed by atoms with Crippen LogP contribution in [0.4, 0.5) is 0 Å². The quantitative estimate of drug-likeness (QED) is 0.661. The molecule has 2 rings (SSSR count). The van der Waals surface area contributed by atoms with Gasteiger partial charge in [-0.1, -0.05) is 23.7 Å². The van der Waals surface area contributed by atoms with Crippen LogP contribution in [0.5, 0.6) is 0 Å². The highest BCUT2D eigenvalue weighted by Gasteiger charge is 2.14. The van der Waals surface area contributed by atoms with Gasteiger partial charge in [-0.2, -0.15) is 0 Å². The van der Waals surface area contributed by atoms with Gasteiger partial charge in [0.2, 0.25) is 0 Å². The van der Waals surface area contributed by atoms with Gasteiger partial charge in [-0.25, -0.2) is 0 Å². The van der Waals surface area contributed by atoms with E-state index < -0.39 is 0 Å². The Morgan fingerprint density at radius 1 is 1.33 bits per heavy atom. The van der Waals surface area contributed by atoms with Crippen molar-refractivity contribution < 1.29 is 0 Å². The zero-order chi connectivity index (χ0) is 13.1. The fourth-order valence-corrected chi connectivity index (χ4v) is 3.23. The van der Waals surface area contributed by atoms with E-state index in [2.05, 4.69) is 31.4 Å². The molecular formula is C14H17ClN2S. The van der Waals surface area contributed by atoms with Crippen LogP contribution in [0.1, 0.15) is 26.9 Å². The summed E-state index contributed by atoms with van der Waals surface area (Å²) in [5.74, 6) is 5.67. The molecule has 0 spiro atoms. The zero-order valence-electron chi connectivity index (χ0n) is 10.5. The molecule has 2 nitrogen and oxygen atoms in total. The third-order valence-electron chi connectivity index (χ3n) is 3.06. The summed E-state index contributed by atoms with van der Waals surface area (Å²) in [6.07, 6.45) is 0.844. The number of benzene rings is 1. The first kappa shape index (κ1) is 13.6. The molecule has 1 unspecified atom stereocenters. The van der Waals surface area contributed by atoms with Crippen LogP contribution < -0.4 is 11.3 Å². The Labute approximate surface area is 117 Å².